The van der Waals surface area contributed by atoms with Crippen molar-refractivity contribution in [3.05, 3.63) is 0 Å². The minimum absolute atomic E-state index is 0.0320. The van der Waals surface area contributed by atoms with Crippen LogP contribution in [0.1, 0.15) is 58.8 Å². The third kappa shape index (κ3) is 3.98. The first-order valence-corrected chi connectivity index (χ1v) is 8.74. The molecule has 2 aliphatic carbocycles. The van der Waals surface area contributed by atoms with E-state index in [0.717, 1.165) is 45.3 Å². The molecule has 122 valence electrons. The van der Waals surface area contributed by atoms with Gasteiger partial charge in [0.1, 0.15) is 5.54 Å². The van der Waals surface area contributed by atoms with Crippen LogP contribution in [-0.2, 0) is 9.53 Å². The van der Waals surface area contributed by atoms with E-state index in [-0.39, 0.29) is 5.97 Å². The van der Waals surface area contributed by atoms with Gasteiger partial charge in [0.2, 0.25) is 0 Å². The highest BCUT2D eigenvalue weighted by Gasteiger charge is 2.51. The predicted molar refractivity (Wildman–Crippen MR) is 85.3 cm³/mol. The van der Waals surface area contributed by atoms with E-state index in [1.54, 1.807) is 0 Å². The number of rotatable bonds is 9. The highest BCUT2D eigenvalue weighted by molar-refractivity contribution is 5.81. The van der Waals surface area contributed by atoms with Crippen molar-refractivity contribution in [2.24, 2.45) is 5.92 Å². The molecule has 0 heterocycles. The van der Waals surface area contributed by atoms with E-state index in [1.807, 2.05) is 0 Å². The van der Waals surface area contributed by atoms with Gasteiger partial charge in [-0.25, -0.2) is 0 Å². The number of carbonyl (C=O) groups excluding carboxylic acids is 1. The first-order chi connectivity index (χ1) is 10.2. The van der Waals surface area contributed by atoms with Crippen molar-refractivity contribution in [2.45, 2.75) is 70.4 Å². The normalized spacial score (nSPS) is 29.0. The molecular weight excluding hydrogens is 264 g/mol. The lowest BCUT2D eigenvalue weighted by Crippen LogP contribution is -2.56. The van der Waals surface area contributed by atoms with Crippen molar-refractivity contribution in [3.8, 4) is 0 Å². The van der Waals surface area contributed by atoms with Crippen LogP contribution in [0.5, 0.6) is 0 Å². The Morgan fingerprint density at radius 3 is 2.62 bits per heavy atom. The second-order valence-corrected chi connectivity index (χ2v) is 6.69. The number of nitrogens with zero attached hydrogens (tertiary/aromatic N) is 1. The van der Waals surface area contributed by atoms with Gasteiger partial charge in [0, 0.05) is 6.04 Å². The number of nitrogens with one attached hydrogen (secondary N) is 1. The van der Waals surface area contributed by atoms with Crippen LogP contribution in [0.3, 0.4) is 0 Å². The summed E-state index contributed by atoms with van der Waals surface area (Å²) in [5.74, 6) is 0.395. The summed E-state index contributed by atoms with van der Waals surface area (Å²) in [5, 5.41) is 3.65. The van der Waals surface area contributed by atoms with Gasteiger partial charge in [-0.05, 0) is 64.1 Å². The van der Waals surface area contributed by atoms with Gasteiger partial charge >= 0.3 is 5.97 Å². The molecule has 2 rings (SSSR count). The fraction of sp³-hybridized carbons (Fsp3) is 0.941. The van der Waals surface area contributed by atoms with Gasteiger partial charge in [0.25, 0.3) is 0 Å². The molecule has 0 aromatic rings. The Morgan fingerprint density at radius 2 is 2.05 bits per heavy atom. The number of carbonyl (C=O) groups is 1. The average molecular weight is 296 g/mol. The Morgan fingerprint density at radius 1 is 1.29 bits per heavy atom. The number of methoxy groups -OCH3 is 1. The van der Waals surface area contributed by atoms with E-state index in [4.69, 9.17) is 4.74 Å². The molecule has 0 spiro atoms. The molecule has 4 nitrogen and oxygen atoms in total. The van der Waals surface area contributed by atoms with Crippen molar-refractivity contribution < 1.29 is 9.53 Å². The van der Waals surface area contributed by atoms with Crippen LogP contribution in [0.4, 0.5) is 0 Å². The summed E-state index contributed by atoms with van der Waals surface area (Å²) in [5.41, 5.74) is -0.401. The molecule has 0 aromatic heterocycles. The van der Waals surface area contributed by atoms with E-state index in [2.05, 4.69) is 24.1 Å². The molecule has 2 fully saturated rings. The number of hydrogen-bond donors (Lipinski definition) is 1. The van der Waals surface area contributed by atoms with Crippen molar-refractivity contribution in [3.63, 3.8) is 0 Å². The van der Waals surface area contributed by atoms with Gasteiger partial charge in [-0.1, -0.05) is 20.3 Å². The van der Waals surface area contributed by atoms with Gasteiger partial charge < -0.3 is 9.64 Å². The fourth-order valence-corrected chi connectivity index (χ4v) is 3.84. The van der Waals surface area contributed by atoms with E-state index < -0.39 is 5.54 Å². The first-order valence-electron chi connectivity index (χ1n) is 8.74. The summed E-state index contributed by atoms with van der Waals surface area (Å²) in [7, 11) is 1.53. The van der Waals surface area contributed by atoms with Gasteiger partial charge in [-0.3, -0.25) is 10.1 Å². The Balaban J connectivity index is 1.99. The Labute approximate surface area is 129 Å². The molecule has 21 heavy (non-hydrogen) atoms. The second kappa shape index (κ2) is 7.59. The molecule has 2 aliphatic rings. The third-order valence-electron chi connectivity index (χ3n) is 5.19. The van der Waals surface area contributed by atoms with Gasteiger partial charge in [-0.15, -0.1) is 0 Å². The molecule has 0 radical (unpaired) electrons. The molecule has 2 atom stereocenters. The standard InChI is InChI=1S/C17H32N2O2/c1-4-12-19(5-2)13-10-14-7-6-11-17(14,16(20)21-3)18-15-8-9-15/h14-15,18H,4-13H2,1-3H3. The maximum Gasteiger partial charge on any atom is 0.326 e. The van der Waals surface area contributed by atoms with Gasteiger partial charge in [0.05, 0.1) is 7.11 Å². The summed E-state index contributed by atoms with van der Waals surface area (Å²) in [6.45, 7) is 7.80. The lowest BCUT2D eigenvalue weighted by molar-refractivity contribution is -0.150. The third-order valence-corrected chi connectivity index (χ3v) is 5.19. The molecule has 0 amide bonds. The fourth-order valence-electron chi connectivity index (χ4n) is 3.84. The summed E-state index contributed by atoms with van der Waals surface area (Å²) in [4.78, 5) is 14.9. The summed E-state index contributed by atoms with van der Waals surface area (Å²) < 4.78 is 5.16. The van der Waals surface area contributed by atoms with Crippen LogP contribution >= 0.6 is 0 Å². The maximum atomic E-state index is 12.5. The van der Waals surface area contributed by atoms with Crippen molar-refractivity contribution in [1.82, 2.24) is 10.2 Å². The Bertz CT molecular complexity index is 344. The number of ether oxygens (including phenoxy) is 1. The first kappa shape index (κ1) is 16.8. The molecule has 0 aromatic carbocycles. The van der Waals surface area contributed by atoms with E-state index in [0.29, 0.717) is 12.0 Å². The molecule has 0 saturated heterocycles. The zero-order valence-corrected chi connectivity index (χ0v) is 14.0. The lowest BCUT2D eigenvalue weighted by atomic mass is 9.84. The van der Waals surface area contributed by atoms with Crippen LogP contribution < -0.4 is 5.32 Å². The largest absolute Gasteiger partial charge is 0.468 e. The summed E-state index contributed by atoms with van der Waals surface area (Å²) >= 11 is 0. The summed E-state index contributed by atoms with van der Waals surface area (Å²) in [6, 6.07) is 0.544. The SMILES string of the molecule is CCCN(CC)CCC1CCCC1(NC1CC1)C(=O)OC. The van der Waals surface area contributed by atoms with Gasteiger partial charge in [-0.2, -0.15) is 0 Å². The van der Waals surface area contributed by atoms with Crippen LogP contribution in [-0.4, -0.2) is 49.2 Å². The van der Waals surface area contributed by atoms with Crippen LogP contribution in [0.15, 0.2) is 0 Å². The topological polar surface area (TPSA) is 41.6 Å². The molecular formula is C17H32N2O2. The quantitative estimate of drug-likeness (QED) is 0.664. The highest BCUT2D eigenvalue weighted by atomic mass is 16.5. The molecule has 4 heteroatoms. The number of hydrogen-bond acceptors (Lipinski definition) is 4. The molecule has 2 saturated carbocycles. The predicted octanol–water partition coefficient (Wildman–Crippen LogP) is 2.57. The maximum absolute atomic E-state index is 12.5. The van der Waals surface area contributed by atoms with Crippen molar-refractivity contribution in [2.75, 3.05) is 26.7 Å². The smallest absolute Gasteiger partial charge is 0.326 e. The van der Waals surface area contributed by atoms with Crippen molar-refractivity contribution >= 4 is 5.97 Å². The molecule has 1 N–H and O–H groups in total. The van der Waals surface area contributed by atoms with Crippen LogP contribution in [0.25, 0.3) is 0 Å². The Hall–Kier alpha value is -0.610. The number of esters is 1. The zero-order chi connectivity index (χ0) is 15.3. The minimum atomic E-state index is -0.401. The average Bonchev–Trinajstić information content (AvgIpc) is 3.21. The molecule has 2 unspecified atom stereocenters. The minimum Gasteiger partial charge on any atom is -0.468 e. The molecule has 0 aliphatic heterocycles. The lowest BCUT2D eigenvalue weighted by Gasteiger charge is -2.35. The van der Waals surface area contributed by atoms with E-state index in [1.165, 1.54) is 26.4 Å². The molecule has 0 bridgehead atoms. The Kier molecular flexibility index (Phi) is 6.06. The van der Waals surface area contributed by atoms with E-state index in [9.17, 15) is 4.79 Å². The second-order valence-electron chi connectivity index (χ2n) is 6.69. The van der Waals surface area contributed by atoms with Gasteiger partial charge in [0.15, 0.2) is 0 Å². The van der Waals surface area contributed by atoms with Crippen LogP contribution in [0, 0.1) is 5.92 Å². The highest BCUT2D eigenvalue weighted by Crippen LogP contribution is 2.41. The van der Waals surface area contributed by atoms with Crippen molar-refractivity contribution in [1.29, 1.82) is 0 Å². The zero-order valence-electron chi connectivity index (χ0n) is 14.0. The van der Waals surface area contributed by atoms with E-state index >= 15 is 0 Å². The monoisotopic (exact) mass is 296 g/mol. The summed E-state index contributed by atoms with van der Waals surface area (Å²) in [6.07, 6.45) is 7.95. The van der Waals surface area contributed by atoms with Crippen LogP contribution in [0.2, 0.25) is 0 Å².